The van der Waals surface area contributed by atoms with Gasteiger partial charge in [-0.1, -0.05) is 26.7 Å². The molecule has 0 aliphatic heterocycles. The first-order chi connectivity index (χ1) is 5.33. The van der Waals surface area contributed by atoms with Crippen molar-refractivity contribution in [3.05, 3.63) is 0 Å². The summed E-state index contributed by atoms with van der Waals surface area (Å²) >= 11 is 0. The Labute approximate surface area is 70.4 Å². The summed E-state index contributed by atoms with van der Waals surface area (Å²) in [5.74, 6) is 2.71. The topological polar surface area (TPSA) is 26.0 Å². The van der Waals surface area contributed by atoms with Gasteiger partial charge in [-0.05, 0) is 37.1 Å². The molecule has 11 heavy (non-hydrogen) atoms. The van der Waals surface area contributed by atoms with E-state index in [9.17, 15) is 0 Å². The lowest BCUT2D eigenvalue weighted by Crippen LogP contribution is -2.23. The van der Waals surface area contributed by atoms with Crippen molar-refractivity contribution in [2.75, 3.05) is 6.54 Å². The summed E-state index contributed by atoms with van der Waals surface area (Å²) in [5.41, 5.74) is 5.77. The molecular formula is C10H21N. The number of nitrogens with two attached hydrogens (primary N) is 1. The first kappa shape index (κ1) is 9.05. The van der Waals surface area contributed by atoms with Crippen LogP contribution < -0.4 is 5.73 Å². The van der Waals surface area contributed by atoms with Crippen LogP contribution in [0.4, 0.5) is 0 Å². The lowest BCUT2D eigenvalue weighted by atomic mass is 9.87. The third-order valence-corrected chi connectivity index (χ3v) is 3.44. The van der Waals surface area contributed by atoms with Gasteiger partial charge in [0.05, 0.1) is 0 Å². The van der Waals surface area contributed by atoms with Crippen molar-refractivity contribution in [1.29, 1.82) is 0 Å². The molecule has 0 aromatic carbocycles. The Morgan fingerprint density at radius 2 is 1.55 bits per heavy atom. The Bertz CT molecular complexity index is 99.4. The highest BCUT2D eigenvalue weighted by molar-refractivity contribution is 4.83. The molecule has 0 heterocycles. The minimum atomic E-state index is 0.838. The quantitative estimate of drug-likeness (QED) is 0.665. The van der Waals surface area contributed by atoms with E-state index in [1.165, 1.54) is 25.7 Å². The normalized spacial score (nSPS) is 37.9. The van der Waals surface area contributed by atoms with E-state index in [0.717, 1.165) is 24.3 Å². The summed E-state index contributed by atoms with van der Waals surface area (Å²) in [5, 5.41) is 0. The highest BCUT2D eigenvalue weighted by atomic mass is 14.6. The molecule has 66 valence electrons. The van der Waals surface area contributed by atoms with E-state index in [2.05, 4.69) is 13.8 Å². The molecule has 1 aliphatic carbocycles. The van der Waals surface area contributed by atoms with Gasteiger partial charge in [0.2, 0.25) is 0 Å². The van der Waals surface area contributed by atoms with Gasteiger partial charge in [-0.2, -0.15) is 0 Å². The maximum atomic E-state index is 5.77. The van der Waals surface area contributed by atoms with E-state index in [-0.39, 0.29) is 0 Å². The predicted octanol–water partition coefficient (Wildman–Crippen LogP) is 2.41. The lowest BCUT2D eigenvalue weighted by molar-refractivity contribution is 0.306. The summed E-state index contributed by atoms with van der Waals surface area (Å²) in [4.78, 5) is 0. The van der Waals surface area contributed by atoms with Crippen LogP contribution in [0.25, 0.3) is 0 Å². The molecule has 1 aliphatic rings. The van der Waals surface area contributed by atoms with Crippen molar-refractivity contribution < 1.29 is 0 Å². The molecule has 1 fully saturated rings. The smallest absolute Gasteiger partial charge is 0.00436 e. The maximum Gasteiger partial charge on any atom is -0.00436 e. The summed E-state index contributed by atoms with van der Waals surface area (Å²) in [6.07, 6.45) is 5.52. The van der Waals surface area contributed by atoms with Crippen LogP contribution in [0.1, 0.15) is 39.5 Å². The Morgan fingerprint density at radius 1 is 1.09 bits per heavy atom. The average molecular weight is 155 g/mol. The fourth-order valence-corrected chi connectivity index (χ4v) is 2.64. The van der Waals surface area contributed by atoms with E-state index in [4.69, 9.17) is 5.73 Å². The van der Waals surface area contributed by atoms with Gasteiger partial charge in [0.1, 0.15) is 0 Å². The van der Waals surface area contributed by atoms with Gasteiger partial charge in [0, 0.05) is 0 Å². The fraction of sp³-hybridized carbons (Fsp3) is 1.00. The highest BCUT2D eigenvalue weighted by Gasteiger charge is 2.32. The maximum absolute atomic E-state index is 5.77. The van der Waals surface area contributed by atoms with Crippen LogP contribution in [0.15, 0.2) is 0 Å². The molecule has 2 unspecified atom stereocenters. The lowest BCUT2D eigenvalue weighted by Gasteiger charge is -2.21. The third-order valence-electron chi connectivity index (χ3n) is 3.44. The van der Waals surface area contributed by atoms with Crippen molar-refractivity contribution in [2.24, 2.45) is 23.5 Å². The molecule has 2 N–H and O–H groups in total. The van der Waals surface area contributed by atoms with Crippen LogP contribution in [-0.2, 0) is 0 Å². The van der Waals surface area contributed by atoms with Gasteiger partial charge in [0.25, 0.3) is 0 Å². The zero-order valence-corrected chi connectivity index (χ0v) is 7.84. The number of hydrogen-bond donors (Lipinski definition) is 1. The second kappa shape index (κ2) is 4.10. The fourth-order valence-electron chi connectivity index (χ4n) is 2.64. The van der Waals surface area contributed by atoms with Crippen molar-refractivity contribution in [2.45, 2.75) is 39.5 Å². The second-order valence-corrected chi connectivity index (χ2v) is 3.81. The Kier molecular flexibility index (Phi) is 3.38. The van der Waals surface area contributed by atoms with Gasteiger partial charge in [0.15, 0.2) is 0 Å². The molecule has 1 saturated carbocycles. The molecule has 0 amide bonds. The minimum absolute atomic E-state index is 0.838. The Balaban J connectivity index is 2.48. The van der Waals surface area contributed by atoms with Gasteiger partial charge in [-0.3, -0.25) is 0 Å². The van der Waals surface area contributed by atoms with E-state index >= 15 is 0 Å². The van der Waals surface area contributed by atoms with Crippen LogP contribution in [-0.4, -0.2) is 6.54 Å². The van der Waals surface area contributed by atoms with Crippen LogP contribution in [0.3, 0.4) is 0 Å². The SMILES string of the molecule is CCC1CCC(CC)C1CN. The van der Waals surface area contributed by atoms with Crippen molar-refractivity contribution in [1.82, 2.24) is 0 Å². The van der Waals surface area contributed by atoms with Crippen LogP contribution in [0.2, 0.25) is 0 Å². The number of hydrogen-bond acceptors (Lipinski definition) is 1. The molecule has 0 radical (unpaired) electrons. The van der Waals surface area contributed by atoms with Gasteiger partial charge in [-0.25, -0.2) is 0 Å². The molecular weight excluding hydrogens is 134 g/mol. The average Bonchev–Trinajstić information content (AvgIpc) is 2.45. The largest absolute Gasteiger partial charge is 0.330 e. The van der Waals surface area contributed by atoms with E-state index in [1.54, 1.807) is 0 Å². The predicted molar refractivity (Wildman–Crippen MR) is 49.3 cm³/mol. The zero-order chi connectivity index (χ0) is 8.27. The highest BCUT2D eigenvalue weighted by Crippen LogP contribution is 2.39. The van der Waals surface area contributed by atoms with E-state index in [1.807, 2.05) is 0 Å². The molecule has 0 aromatic rings. The molecule has 2 atom stereocenters. The van der Waals surface area contributed by atoms with Gasteiger partial charge in [-0.15, -0.1) is 0 Å². The van der Waals surface area contributed by atoms with Gasteiger partial charge < -0.3 is 5.73 Å². The second-order valence-electron chi connectivity index (χ2n) is 3.81. The molecule has 1 rings (SSSR count). The monoisotopic (exact) mass is 155 g/mol. The van der Waals surface area contributed by atoms with Crippen molar-refractivity contribution >= 4 is 0 Å². The molecule has 0 spiro atoms. The Hall–Kier alpha value is -0.0400. The summed E-state index contributed by atoms with van der Waals surface area (Å²) in [6.45, 7) is 5.51. The van der Waals surface area contributed by atoms with E-state index in [0.29, 0.717) is 0 Å². The molecule has 0 saturated heterocycles. The molecule has 0 bridgehead atoms. The summed E-state index contributed by atoms with van der Waals surface area (Å²) < 4.78 is 0. The number of rotatable bonds is 3. The third kappa shape index (κ3) is 1.76. The van der Waals surface area contributed by atoms with Crippen LogP contribution in [0.5, 0.6) is 0 Å². The molecule has 0 aromatic heterocycles. The first-order valence-corrected chi connectivity index (χ1v) is 5.03. The molecule has 1 heteroatoms. The van der Waals surface area contributed by atoms with Crippen LogP contribution >= 0.6 is 0 Å². The van der Waals surface area contributed by atoms with Crippen LogP contribution in [0, 0.1) is 17.8 Å². The van der Waals surface area contributed by atoms with Crippen molar-refractivity contribution in [3.63, 3.8) is 0 Å². The minimum Gasteiger partial charge on any atom is -0.330 e. The van der Waals surface area contributed by atoms with Gasteiger partial charge >= 0.3 is 0 Å². The standard InChI is InChI=1S/C10H21N/c1-3-8-5-6-9(4-2)10(8)7-11/h8-10H,3-7,11H2,1-2H3. The summed E-state index contributed by atoms with van der Waals surface area (Å²) in [6, 6.07) is 0. The first-order valence-electron chi connectivity index (χ1n) is 5.03. The zero-order valence-electron chi connectivity index (χ0n) is 7.84. The van der Waals surface area contributed by atoms with Crippen molar-refractivity contribution in [3.8, 4) is 0 Å². The Morgan fingerprint density at radius 3 is 1.82 bits per heavy atom. The van der Waals surface area contributed by atoms with E-state index < -0.39 is 0 Å². The summed E-state index contributed by atoms with van der Waals surface area (Å²) in [7, 11) is 0. The molecule has 1 nitrogen and oxygen atoms in total.